The highest BCUT2D eigenvalue weighted by Gasteiger charge is 2.70. The maximum Gasteiger partial charge on any atom is 0.305 e. The zero-order valence-electron chi connectivity index (χ0n) is 27.3. The molecule has 1 amide bonds. The molecule has 44 heavy (non-hydrogen) atoms. The lowest BCUT2D eigenvalue weighted by Gasteiger charge is -2.64. The van der Waals surface area contributed by atoms with Gasteiger partial charge in [0, 0.05) is 31.6 Å². The van der Waals surface area contributed by atoms with Crippen LogP contribution in [0.5, 0.6) is 0 Å². The molecule has 1 aliphatic heterocycles. The monoisotopic (exact) mass is 616 g/mol. The lowest BCUT2D eigenvalue weighted by molar-refractivity contribution is -0.203. The molecule has 0 aromatic heterocycles. The second-order valence-corrected chi connectivity index (χ2v) is 14.9. The molecule has 0 bridgehead atoms. The highest BCUT2D eigenvalue weighted by Crippen LogP contribution is 2.68. The smallest absolute Gasteiger partial charge is 0.305 e. The van der Waals surface area contributed by atoms with Gasteiger partial charge >= 0.3 is 17.9 Å². The van der Waals surface area contributed by atoms with Gasteiger partial charge in [0.25, 0.3) is 0 Å². The number of methoxy groups -OCH3 is 1. The van der Waals surface area contributed by atoms with E-state index in [2.05, 4.69) is 31.4 Å². The van der Waals surface area contributed by atoms with E-state index in [9.17, 15) is 19.2 Å². The van der Waals surface area contributed by atoms with E-state index in [0.717, 1.165) is 38.6 Å². The van der Waals surface area contributed by atoms with E-state index in [-0.39, 0.29) is 82.7 Å². The number of ketones is 1. The van der Waals surface area contributed by atoms with Crippen molar-refractivity contribution in [2.45, 2.75) is 123 Å². The summed E-state index contributed by atoms with van der Waals surface area (Å²) in [5, 5.41) is 6.58. The van der Waals surface area contributed by atoms with Crippen LogP contribution >= 0.6 is 0 Å². The van der Waals surface area contributed by atoms with E-state index < -0.39 is 17.6 Å². The number of Topliss-reactive ketones (excluding diaryl/α,β-unsaturated/α-hetero) is 1. The molecule has 0 spiro atoms. The lowest BCUT2D eigenvalue weighted by Crippen LogP contribution is -2.71. The molecule has 5 aliphatic rings. The second-order valence-electron chi connectivity index (χ2n) is 14.9. The number of ether oxygens (including phenoxy) is 3. The summed E-state index contributed by atoms with van der Waals surface area (Å²) < 4.78 is 16.7. The third-order valence-electron chi connectivity index (χ3n) is 12.6. The van der Waals surface area contributed by atoms with Crippen LogP contribution in [0.15, 0.2) is 0 Å². The largest absolute Gasteiger partial charge is 0.469 e. The first-order valence-electron chi connectivity index (χ1n) is 16.8. The first-order valence-corrected chi connectivity index (χ1v) is 16.8. The number of nitrogens with one attached hydrogen (secondary N) is 2. The third-order valence-corrected chi connectivity index (χ3v) is 12.6. The van der Waals surface area contributed by atoms with Gasteiger partial charge in [0.2, 0.25) is 5.91 Å². The normalized spacial score (nSPS) is 41.9. The number of esters is 3. The molecule has 4 aliphatic carbocycles. The Kier molecular flexibility index (Phi) is 9.51. The topological polar surface area (TPSA) is 137 Å². The van der Waals surface area contributed by atoms with Crippen molar-refractivity contribution in [1.82, 2.24) is 10.6 Å². The van der Waals surface area contributed by atoms with Crippen LogP contribution in [0, 0.1) is 46.3 Å². The zero-order valence-corrected chi connectivity index (χ0v) is 27.3. The predicted octanol–water partition coefficient (Wildman–Crippen LogP) is 3.73. The standard InChI is InChI=1S/C34H52N2O8/c1-18(9-12-27(39)42-6)23-10-11-24-28-26(44-20(3)38)17-21-16-22(43-19(2)37)13-14-33(21,4)29(28)30(31(40)34(23,24)5)36-32(41)25-8-7-15-35-25/h18,21-26,28-30,35H,7-17H2,1-6H3,(H,36,41)/t18-,21+,22-,23?,24?,25?,26-,28?,29?,30+,33+,34-/m1/s1. The number of fused-ring (bicyclic) bond motifs is 5. The van der Waals surface area contributed by atoms with Gasteiger partial charge in [-0.3, -0.25) is 24.0 Å². The van der Waals surface area contributed by atoms with Gasteiger partial charge in [0.1, 0.15) is 12.2 Å². The van der Waals surface area contributed by atoms with Crippen molar-refractivity contribution in [3.05, 3.63) is 0 Å². The lowest BCUT2D eigenvalue weighted by atomic mass is 9.42. The Hall–Kier alpha value is -2.49. The quantitative estimate of drug-likeness (QED) is 0.309. The zero-order chi connectivity index (χ0) is 32.0. The number of carbonyl (C=O) groups excluding carboxylic acids is 5. The fraction of sp³-hybridized carbons (Fsp3) is 0.853. The van der Waals surface area contributed by atoms with Gasteiger partial charge in [-0.15, -0.1) is 0 Å². The number of rotatable bonds is 8. The predicted molar refractivity (Wildman–Crippen MR) is 161 cm³/mol. The van der Waals surface area contributed by atoms with Crippen LogP contribution in [0.1, 0.15) is 98.8 Å². The fourth-order valence-corrected chi connectivity index (χ4v) is 10.6. The highest BCUT2D eigenvalue weighted by atomic mass is 16.5. The molecule has 10 heteroatoms. The minimum absolute atomic E-state index is 0.0170. The van der Waals surface area contributed by atoms with Crippen molar-refractivity contribution < 1.29 is 38.2 Å². The van der Waals surface area contributed by atoms with Crippen LogP contribution in [0.25, 0.3) is 0 Å². The second kappa shape index (κ2) is 12.7. The summed E-state index contributed by atoms with van der Waals surface area (Å²) in [6, 6.07) is -1.05. The molecule has 5 fully saturated rings. The van der Waals surface area contributed by atoms with Gasteiger partial charge in [0.05, 0.1) is 19.2 Å². The Labute approximate surface area is 261 Å². The average Bonchev–Trinajstić information content (AvgIpc) is 3.63. The molecular weight excluding hydrogens is 564 g/mol. The molecule has 12 atom stereocenters. The number of hydrogen-bond donors (Lipinski definition) is 2. The maximum absolute atomic E-state index is 15.1. The van der Waals surface area contributed by atoms with Crippen molar-refractivity contribution >= 4 is 29.6 Å². The number of amides is 1. The summed E-state index contributed by atoms with van der Waals surface area (Å²) in [7, 11) is 1.39. The van der Waals surface area contributed by atoms with E-state index in [1.807, 2.05) is 0 Å². The van der Waals surface area contributed by atoms with Crippen molar-refractivity contribution in [3.8, 4) is 0 Å². The minimum Gasteiger partial charge on any atom is -0.469 e. The Morgan fingerprint density at radius 2 is 1.75 bits per heavy atom. The molecule has 4 saturated carbocycles. The molecule has 2 N–H and O–H groups in total. The summed E-state index contributed by atoms with van der Waals surface area (Å²) in [5.41, 5.74) is -1.06. The van der Waals surface area contributed by atoms with Gasteiger partial charge in [-0.05, 0) is 99.3 Å². The Bertz CT molecular complexity index is 1150. The minimum atomic E-state index is -0.742. The van der Waals surface area contributed by atoms with Crippen molar-refractivity contribution in [2.24, 2.45) is 46.3 Å². The first-order chi connectivity index (χ1) is 20.8. The molecule has 0 aromatic rings. The summed E-state index contributed by atoms with van der Waals surface area (Å²) in [5.74, 6) is -1.14. The van der Waals surface area contributed by atoms with Gasteiger partial charge in [-0.1, -0.05) is 20.8 Å². The molecule has 1 saturated heterocycles. The van der Waals surface area contributed by atoms with E-state index in [1.54, 1.807) is 0 Å². The van der Waals surface area contributed by atoms with Crippen LogP contribution in [-0.4, -0.2) is 67.5 Å². The molecule has 0 aromatic carbocycles. The SMILES string of the molecule is COC(=O)CC[C@@H](C)C1CCC2C3C([C@H](NC(=O)C4CCCN4)C(=O)[C@@]21C)[C@@]1(C)CC[C@@H](OC(C)=O)C[C@H]1C[C@H]3OC(C)=O. The van der Waals surface area contributed by atoms with E-state index in [1.165, 1.54) is 21.0 Å². The van der Waals surface area contributed by atoms with Crippen LogP contribution in [0.3, 0.4) is 0 Å². The molecule has 246 valence electrons. The summed E-state index contributed by atoms with van der Waals surface area (Å²) >= 11 is 0. The van der Waals surface area contributed by atoms with Crippen LogP contribution in [-0.2, 0) is 38.2 Å². The van der Waals surface area contributed by atoms with Crippen LogP contribution in [0.2, 0.25) is 0 Å². The van der Waals surface area contributed by atoms with E-state index >= 15 is 4.79 Å². The van der Waals surface area contributed by atoms with Crippen molar-refractivity contribution in [2.75, 3.05) is 13.7 Å². The molecular formula is C34H52N2O8. The molecule has 1 heterocycles. The summed E-state index contributed by atoms with van der Waals surface area (Å²) in [4.78, 5) is 65.3. The highest BCUT2D eigenvalue weighted by molar-refractivity contribution is 5.96. The van der Waals surface area contributed by atoms with Gasteiger partial charge in [-0.25, -0.2) is 0 Å². The molecule has 10 nitrogen and oxygen atoms in total. The van der Waals surface area contributed by atoms with Crippen LogP contribution in [0.4, 0.5) is 0 Å². The third kappa shape index (κ3) is 5.80. The van der Waals surface area contributed by atoms with Gasteiger partial charge < -0.3 is 24.8 Å². The number of carbonyl (C=O) groups is 5. The first kappa shape index (κ1) is 32.9. The molecule has 0 radical (unpaired) electrons. The maximum atomic E-state index is 15.1. The Morgan fingerprint density at radius 1 is 1.02 bits per heavy atom. The number of hydrogen-bond acceptors (Lipinski definition) is 9. The van der Waals surface area contributed by atoms with E-state index in [0.29, 0.717) is 32.1 Å². The Morgan fingerprint density at radius 3 is 2.39 bits per heavy atom. The van der Waals surface area contributed by atoms with Gasteiger partial charge in [0.15, 0.2) is 5.78 Å². The van der Waals surface area contributed by atoms with Gasteiger partial charge in [-0.2, -0.15) is 0 Å². The van der Waals surface area contributed by atoms with E-state index in [4.69, 9.17) is 14.2 Å². The molecule has 5 rings (SSSR count). The molecule has 5 unspecified atom stereocenters. The van der Waals surface area contributed by atoms with Crippen molar-refractivity contribution in [1.29, 1.82) is 0 Å². The fourth-order valence-electron chi connectivity index (χ4n) is 10.6. The van der Waals surface area contributed by atoms with Crippen LogP contribution < -0.4 is 10.6 Å². The Balaban J connectivity index is 1.56. The summed E-state index contributed by atoms with van der Waals surface area (Å²) in [6.07, 6.45) is 6.34. The summed E-state index contributed by atoms with van der Waals surface area (Å²) in [6.45, 7) is 10.1. The average molecular weight is 617 g/mol. The van der Waals surface area contributed by atoms with Crippen molar-refractivity contribution in [3.63, 3.8) is 0 Å².